The van der Waals surface area contributed by atoms with E-state index in [0.29, 0.717) is 16.9 Å². The molecule has 24 heavy (non-hydrogen) atoms. The van der Waals surface area contributed by atoms with Crippen LogP contribution in [-0.2, 0) is 14.3 Å². The van der Waals surface area contributed by atoms with Crippen molar-refractivity contribution in [3.63, 3.8) is 0 Å². The first kappa shape index (κ1) is 27.6. The lowest BCUT2D eigenvalue weighted by Gasteiger charge is -2.23. The van der Waals surface area contributed by atoms with Crippen LogP contribution in [0.1, 0.15) is 32.6 Å². The summed E-state index contributed by atoms with van der Waals surface area (Å²) >= 11 is 0.605. The van der Waals surface area contributed by atoms with Gasteiger partial charge in [0.2, 0.25) is 10.0 Å². The van der Waals surface area contributed by atoms with E-state index < -0.39 is 20.9 Å². The molecule has 142 valence electrons. The molecule has 0 saturated carbocycles. The van der Waals surface area contributed by atoms with E-state index in [1.165, 1.54) is 12.1 Å². The lowest BCUT2D eigenvalue weighted by atomic mass is 10.2. The van der Waals surface area contributed by atoms with Crippen molar-refractivity contribution in [3.05, 3.63) is 35.0 Å². The molecule has 1 aromatic rings. The molecule has 0 bridgehead atoms. The number of carbonyl (C=O) groups excluding carboxylic acids is 1. The van der Waals surface area contributed by atoms with E-state index in [1.807, 2.05) is 0 Å². The first-order valence-electron chi connectivity index (χ1n) is 5.56. The van der Waals surface area contributed by atoms with E-state index in [2.05, 4.69) is 14.3 Å². The quantitative estimate of drug-likeness (QED) is 0.284. The number of nitrogens with one attached hydrogen (secondary N) is 2. The predicted molar refractivity (Wildman–Crippen MR) is 95.2 cm³/mol. The third kappa shape index (κ3) is 12.2. The van der Waals surface area contributed by atoms with Crippen molar-refractivity contribution < 1.29 is 27.7 Å². The van der Waals surface area contributed by atoms with Gasteiger partial charge >= 0.3 is 0 Å². The number of carbonyl (C=O) groups is 1. The fourth-order valence-corrected chi connectivity index (χ4v) is 2.02. The summed E-state index contributed by atoms with van der Waals surface area (Å²) < 4.78 is 28.3. The molecule has 0 aliphatic rings. The average molecular weight is 386 g/mol. The zero-order chi connectivity index (χ0) is 16.1. The highest BCUT2D eigenvalue weighted by Crippen LogP contribution is 2.22. The summed E-state index contributed by atoms with van der Waals surface area (Å²) in [6, 6.07) is 6.06. The Balaban J connectivity index is -0.00000147. The molecular weight excluding hydrogens is 358 g/mol. The van der Waals surface area contributed by atoms with Gasteiger partial charge in [0.1, 0.15) is 19.1 Å². The summed E-state index contributed by atoms with van der Waals surface area (Å²) in [6.07, 6.45) is 0.973. The van der Waals surface area contributed by atoms with E-state index in [0.717, 1.165) is 13.3 Å². The minimum Gasteiger partial charge on any atom is -0.564 e. The highest BCUT2D eigenvalue weighted by atomic mass is 32.2. The zero-order valence-electron chi connectivity index (χ0n) is 11.3. The van der Waals surface area contributed by atoms with Crippen molar-refractivity contribution in [1.82, 2.24) is 10.0 Å². The molecule has 3 N–H and O–H groups in total. The molecule has 11 heteroatoms. The van der Waals surface area contributed by atoms with Gasteiger partial charge in [0.05, 0.1) is 12.9 Å². The third-order valence-electron chi connectivity index (χ3n) is 1.95. The van der Waals surface area contributed by atoms with Crippen molar-refractivity contribution in [1.29, 1.82) is 0 Å². The van der Waals surface area contributed by atoms with Crippen LogP contribution in [-0.4, -0.2) is 44.5 Å². The zero-order valence-corrected chi connectivity index (χ0v) is 12.9. The van der Waals surface area contributed by atoms with Gasteiger partial charge in [-0.05, 0) is 18.2 Å². The Morgan fingerprint density at radius 3 is 2.46 bits per heavy atom. The van der Waals surface area contributed by atoms with Crippen LogP contribution in [0.5, 0.6) is 0 Å². The second-order valence-corrected chi connectivity index (χ2v) is 6.71. The van der Waals surface area contributed by atoms with Crippen molar-refractivity contribution in [2.45, 2.75) is 27.2 Å². The fourth-order valence-electron chi connectivity index (χ4n) is 1.15. The minimum absolute atomic E-state index is 0. The van der Waals surface area contributed by atoms with Gasteiger partial charge in [-0.3, -0.25) is 4.79 Å². The maximum atomic E-state index is 11.8. The van der Waals surface area contributed by atoms with Crippen molar-refractivity contribution >= 4 is 28.0 Å². The average Bonchev–Trinajstić information content (AvgIpc) is 2.34. The Morgan fingerprint density at radius 1 is 1.38 bits per heavy atom. The largest absolute Gasteiger partial charge is 0.564 e. The van der Waals surface area contributed by atoms with E-state index in [9.17, 15) is 18.4 Å². The summed E-state index contributed by atoms with van der Waals surface area (Å²) in [5.74, 6) is -0.503. The summed E-state index contributed by atoms with van der Waals surface area (Å²) in [6.45, 7) is -0.238. The van der Waals surface area contributed by atoms with Crippen LogP contribution in [0.4, 0.5) is 0 Å². The molecule has 1 amide bonds. The molecule has 9 nitrogen and oxygen atoms in total. The predicted octanol–water partition coefficient (Wildman–Crippen LogP) is 2.10. The summed E-state index contributed by atoms with van der Waals surface area (Å²) in [4.78, 5) is 10.3. The van der Waals surface area contributed by atoms with Gasteiger partial charge in [0, 0.05) is 10.5 Å². The molecule has 0 spiro atoms. The van der Waals surface area contributed by atoms with Gasteiger partial charge in [-0.2, -0.15) is 9.93 Å². The number of rotatable bonds is 7. The number of sulfonamides is 1. The topological polar surface area (TPSA) is 128 Å². The molecule has 0 aromatic heterocycles. The van der Waals surface area contributed by atoms with Crippen molar-refractivity contribution in [2.75, 3.05) is 20.0 Å². The second-order valence-electron chi connectivity index (χ2n) is 4.09. The van der Waals surface area contributed by atoms with Gasteiger partial charge in [0.25, 0.3) is 5.91 Å². The number of hydrogen-bond acceptors (Lipinski definition) is 7. The van der Waals surface area contributed by atoms with Crippen LogP contribution in [0.15, 0.2) is 29.2 Å². The molecule has 1 atom stereocenters. The SMILES string of the molecule is C.C.C.C[N+]([O-])(O)OSc1cccc(C(=O)NCNS(C)(=O)=O)c1. The first-order valence-corrected chi connectivity index (χ1v) is 8.19. The fraction of sp³-hybridized carbons (Fsp3) is 0.462. The standard InChI is InChI=1S/C10H15N3O6S2.3CH4/c1-13(15,16)19-20-9-5-3-4-8(6-9)10(14)11-7-12-21(2,17)18;;;/h3-6,12,15H,7H2,1-2H3,(H,11,14);3*1H4. The molecule has 0 fully saturated rings. The second kappa shape index (κ2) is 11.4. The molecule has 1 rings (SSSR count). The molecule has 1 aromatic carbocycles. The molecule has 1 unspecified atom stereocenters. The summed E-state index contributed by atoms with van der Waals surface area (Å²) in [5, 5.41) is 22.0. The number of quaternary nitrogens is 1. The maximum Gasteiger partial charge on any atom is 0.252 e. The normalized spacial score (nSPS) is 12.7. The molecule has 0 aliphatic heterocycles. The van der Waals surface area contributed by atoms with Gasteiger partial charge in [-0.15, -0.1) is 0 Å². The smallest absolute Gasteiger partial charge is 0.252 e. The lowest BCUT2D eigenvalue weighted by Crippen LogP contribution is -2.36. The van der Waals surface area contributed by atoms with Crippen LogP contribution < -0.4 is 10.0 Å². The Morgan fingerprint density at radius 2 is 1.96 bits per heavy atom. The molecule has 0 saturated heterocycles. The van der Waals surface area contributed by atoms with Crippen molar-refractivity contribution in [3.8, 4) is 0 Å². The van der Waals surface area contributed by atoms with Gasteiger partial charge in [-0.1, -0.05) is 37.6 Å². The Bertz CT molecular complexity index is 602. The van der Waals surface area contributed by atoms with Crippen LogP contribution in [0.25, 0.3) is 0 Å². The minimum atomic E-state index is -3.39. The third-order valence-corrected chi connectivity index (χ3v) is 3.42. The van der Waals surface area contributed by atoms with Crippen molar-refractivity contribution in [2.24, 2.45) is 0 Å². The van der Waals surface area contributed by atoms with Gasteiger partial charge in [-0.25, -0.2) is 8.42 Å². The van der Waals surface area contributed by atoms with E-state index in [4.69, 9.17) is 5.21 Å². The van der Waals surface area contributed by atoms with Crippen LogP contribution in [0.3, 0.4) is 0 Å². The van der Waals surface area contributed by atoms with E-state index in [1.54, 1.807) is 12.1 Å². The van der Waals surface area contributed by atoms with E-state index in [-0.39, 0.29) is 34.5 Å². The maximum absolute atomic E-state index is 11.8. The van der Waals surface area contributed by atoms with Crippen LogP contribution in [0.2, 0.25) is 0 Å². The van der Waals surface area contributed by atoms with E-state index >= 15 is 0 Å². The monoisotopic (exact) mass is 385 g/mol. The van der Waals surface area contributed by atoms with Crippen LogP contribution in [0, 0.1) is 5.21 Å². The number of hydrogen-bond donors (Lipinski definition) is 3. The molecule has 0 aliphatic carbocycles. The summed E-state index contributed by atoms with van der Waals surface area (Å²) in [5.41, 5.74) is 0.247. The molecular formula is C13H27N3O6S2. The number of amides is 1. The highest BCUT2D eigenvalue weighted by Gasteiger charge is 2.11. The molecule has 0 radical (unpaired) electrons. The lowest BCUT2D eigenvalue weighted by molar-refractivity contribution is -1.18. The number of nitrogens with zero attached hydrogens (tertiary/aromatic N) is 1. The Labute approximate surface area is 148 Å². The highest BCUT2D eigenvalue weighted by molar-refractivity contribution is 7.94. The van der Waals surface area contributed by atoms with Gasteiger partial charge in [0.15, 0.2) is 0 Å². The molecule has 0 heterocycles. The number of hydroxylamine groups is 3. The summed E-state index contributed by atoms with van der Waals surface area (Å²) in [7, 11) is -2.51. The first-order chi connectivity index (χ1) is 9.57. The Kier molecular flexibility index (Phi) is 13.1. The van der Waals surface area contributed by atoms with Crippen LogP contribution >= 0.6 is 12.0 Å². The Hall–Kier alpha value is -1.21. The number of benzene rings is 1. The van der Waals surface area contributed by atoms with Gasteiger partial charge < -0.3 is 10.5 Å².